The Bertz CT molecular complexity index is 1180. The number of hydrogen-bond donors (Lipinski definition) is 1. The number of likely N-dealkylation sites (tertiary alicyclic amines) is 1. The van der Waals surface area contributed by atoms with E-state index >= 15 is 0 Å². The maximum atomic E-state index is 14.0. The van der Waals surface area contributed by atoms with Crippen LogP contribution in [-0.2, 0) is 13.0 Å². The molecule has 0 atom stereocenters. The molecule has 1 aliphatic heterocycles. The maximum absolute atomic E-state index is 14.0. The standard InChI is InChI=1S/C24H24FN3O3/c25-21-9-5-4-8-19(21)16-28-23(30)20(15-26-24(28)31)22(29)27-12-10-18(11-13-27)14-17-6-2-1-3-7-17/h1-9,15,18H,10-14,16H2,(H,26,31). The van der Waals surface area contributed by atoms with Crippen molar-refractivity contribution in [2.75, 3.05) is 13.1 Å². The smallest absolute Gasteiger partial charge is 0.328 e. The fourth-order valence-electron chi connectivity index (χ4n) is 4.06. The molecule has 2 aromatic carbocycles. The number of aromatic nitrogens is 2. The second-order valence-electron chi connectivity index (χ2n) is 7.92. The first-order valence-corrected chi connectivity index (χ1v) is 10.4. The van der Waals surface area contributed by atoms with Gasteiger partial charge in [0.1, 0.15) is 11.4 Å². The lowest BCUT2D eigenvalue weighted by atomic mass is 9.90. The lowest BCUT2D eigenvalue weighted by Gasteiger charge is -2.32. The molecule has 3 aromatic rings. The highest BCUT2D eigenvalue weighted by Crippen LogP contribution is 2.22. The quantitative estimate of drug-likeness (QED) is 0.688. The van der Waals surface area contributed by atoms with Crippen LogP contribution in [0.3, 0.4) is 0 Å². The predicted molar refractivity (Wildman–Crippen MR) is 116 cm³/mol. The number of halogens is 1. The van der Waals surface area contributed by atoms with Gasteiger partial charge in [0.15, 0.2) is 0 Å². The van der Waals surface area contributed by atoms with Crippen molar-refractivity contribution in [2.24, 2.45) is 5.92 Å². The lowest BCUT2D eigenvalue weighted by Crippen LogP contribution is -2.44. The van der Waals surface area contributed by atoms with Crippen LogP contribution in [0, 0.1) is 11.7 Å². The van der Waals surface area contributed by atoms with Gasteiger partial charge in [0, 0.05) is 24.8 Å². The molecule has 0 radical (unpaired) electrons. The lowest BCUT2D eigenvalue weighted by molar-refractivity contribution is 0.0687. The molecule has 1 aromatic heterocycles. The molecule has 0 spiro atoms. The van der Waals surface area contributed by atoms with Gasteiger partial charge in [-0.05, 0) is 36.8 Å². The minimum absolute atomic E-state index is 0.0996. The van der Waals surface area contributed by atoms with Crippen molar-refractivity contribution in [3.63, 3.8) is 0 Å². The molecule has 6 nitrogen and oxygen atoms in total. The van der Waals surface area contributed by atoms with Crippen LogP contribution in [0.4, 0.5) is 4.39 Å². The third kappa shape index (κ3) is 4.66. The van der Waals surface area contributed by atoms with Crippen LogP contribution < -0.4 is 11.2 Å². The molecule has 2 heterocycles. The van der Waals surface area contributed by atoms with Crippen LogP contribution >= 0.6 is 0 Å². The molecule has 1 aliphatic rings. The topological polar surface area (TPSA) is 75.2 Å². The van der Waals surface area contributed by atoms with Gasteiger partial charge in [0.25, 0.3) is 11.5 Å². The Hall–Kier alpha value is -3.48. The predicted octanol–water partition coefficient (Wildman–Crippen LogP) is 2.82. The number of amides is 1. The Kier molecular flexibility index (Phi) is 6.11. The number of carbonyl (C=O) groups is 1. The van der Waals surface area contributed by atoms with Crippen molar-refractivity contribution < 1.29 is 9.18 Å². The normalized spacial score (nSPS) is 14.5. The molecule has 160 valence electrons. The van der Waals surface area contributed by atoms with Gasteiger partial charge in [-0.15, -0.1) is 0 Å². The van der Waals surface area contributed by atoms with Crippen LogP contribution in [-0.4, -0.2) is 33.4 Å². The summed E-state index contributed by atoms with van der Waals surface area (Å²) in [5.74, 6) is -0.424. The molecular formula is C24H24FN3O3. The van der Waals surface area contributed by atoms with Crippen molar-refractivity contribution in [2.45, 2.75) is 25.8 Å². The molecular weight excluding hydrogens is 397 g/mol. The largest absolute Gasteiger partial charge is 0.338 e. The molecule has 0 bridgehead atoms. The van der Waals surface area contributed by atoms with E-state index in [4.69, 9.17) is 0 Å². The molecule has 4 rings (SSSR count). The second-order valence-corrected chi connectivity index (χ2v) is 7.92. The van der Waals surface area contributed by atoms with E-state index in [1.54, 1.807) is 11.0 Å². The number of nitrogens with zero attached hydrogens (tertiary/aromatic N) is 2. The van der Waals surface area contributed by atoms with Crippen LogP contribution in [0.25, 0.3) is 0 Å². The third-order valence-corrected chi connectivity index (χ3v) is 5.85. The summed E-state index contributed by atoms with van der Waals surface area (Å²) >= 11 is 0. The summed E-state index contributed by atoms with van der Waals surface area (Å²) < 4.78 is 14.8. The van der Waals surface area contributed by atoms with E-state index in [1.807, 2.05) is 18.2 Å². The molecule has 1 N–H and O–H groups in total. The van der Waals surface area contributed by atoms with Gasteiger partial charge >= 0.3 is 5.69 Å². The Morgan fingerprint density at radius 1 is 1.00 bits per heavy atom. The number of hydrogen-bond acceptors (Lipinski definition) is 3. The first kappa shape index (κ1) is 20.8. The molecule has 0 aliphatic carbocycles. The molecule has 1 fully saturated rings. The summed E-state index contributed by atoms with van der Waals surface area (Å²) in [5.41, 5.74) is 0.0117. The highest BCUT2D eigenvalue weighted by Gasteiger charge is 2.26. The zero-order valence-electron chi connectivity index (χ0n) is 17.1. The minimum atomic E-state index is -0.705. The number of aromatic amines is 1. The van der Waals surface area contributed by atoms with Gasteiger partial charge in [-0.25, -0.2) is 9.18 Å². The van der Waals surface area contributed by atoms with Gasteiger partial charge in [-0.3, -0.25) is 14.2 Å². The highest BCUT2D eigenvalue weighted by atomic mass is 19.1. The zero-order chi connectivity index (χ0) is 21.8. The van der Waals surface area contributed by atoms with Crippen molar-refractivity contribution in [3.05, 3.63) is 104 Å². The molecule has 0 saturated carbocycles. The summed E-state index contributed by atoms with van der Waals surface area (Å²) in [6.45, 7) is 0.880. The fourth-order valence-corrected chi connectivity index (χ4v) is 4.06. The molecule has 7 heteroatoms. The third-order valence-electron chi connectivity index (χ3n) is 5.85. The first-order valence-electron chi connectivity index (χ1n) is 10.4. The minimum Gasteiger partial charge on any atom is -0.338 e. The van der Waals surface area contributed by atoms with Gasteiger partial charge < -0.3 is 9.88 Å². The summed E-state index contributed by atoms with van der Waals surface area (Å²) in [6.07, 6.45) is 3.85. The number of rotatable bonds is 5. The number of H-pyrrole nitrogens is 1. The summed E-state index contributed by atoms with van der Waals surface area (Å²) in [6, 6.07) is 16.2. The van der Waals surface area contributed by atoms with E-state index < -0.39 is 23.0 Å². The van der Waals surface area contributed by atoms with Crippen LogP contribution in [0.15, 0.2) is 70.4 Å². The van der Waals surface area contributed by atoms with Crippen molar-refractivity contribution in [1.82, 2.24) is 14.5 Å². The van der Waals surface area contributed by atoms with Crippen LogP contribution in [0.5, 0.6) is 0 Å². The number of piperidine rings is 1. The number of nitrogens with one attached hydrogen (secondary N) is 1. The van der Waals surface area contributed by atoms with E-state index in [1.165, 1.54) is 30.0 Å². The van der Waals surface area contributed by atoms with Gasteiger partial charge in [-0.2, -0.15) is 0 Å². The average molecular weight is 421 g/mol. The van der Waals surface area contributed by atoms with Crippen LogP contribution in [0.2, 0.25) is 0 Å². The maximum Gasteiger partial charge on any atom is 0.328 e. The number of carbonyl (C=O) groups excluding carboxylic acids is 1. The van der Waals surface area contributed by atoms with Crippen LogP contribution in [0.1, 0.15) is 34.3 Å². The van der Waals surface area contributed by atoms with Gasteiger partial charge in [0.2, 0.25) is 0 Å². The van der Waals surface area contributed by atoms with E-state index in [2.05, 4.69) is 17.1 Å². The molecule has 0 unspecified atom stereocenters. The van der Waals surface area contributed by atoms with E-state index in [9.17, 15) is 18.8 Å². The van der Waals surface area contributed by atoms with E-state index in [0.29, 0.717) is 19.0 Å². The Balaban J connectivity index is 1.47. The Morgan fingerprint density at radius 2 is 1.68 bits per heavy atom. The number of benzene rings is 2. The SMILES string of the molecule is O=C(c1c[nH]c(=O)n(Cc2ccccc2F)c1=O)N1CCC(Cc2ccccc2)CC1. The summed E-state index contributed by atoms with van der Waals surface area (Å²) in [7, 11) is 0. The van der Waals surface area contributed by atoms with E-state index in [0.717, 1.165) is 23.8 Å². The zero-order valence-corrected chi connectivity index (χ0v) is 17.1. The van der Waals surface area contributed by atoms with Crippen molar-refractivity contribution in [3.8, 4) is 0 Å². The second kappa shape index (κ2) is 9.12. The van der Waals surface area contributed by atoms with E-state index in [-0.39, 0.29) is 17.7 Å². The summed E-state index contributed by atoms with van der Waals surface area (Å²) in [4.78, 5) is 42.1. The highest BCUT2D eigenvalue weighted by molar-refractivity contribution is 5.93. The van der Waals surface area contributed by atoms with Gasteiger partial charge in [-0.1, -0.05) is 48.5 Å². The van der Waals surface area contributed by atoms with Crippen molar-refractivity contribution in [1.29, 1.82) is 0 Å². The molecule has 1 saturated heterocycles. The van der Waals surface area contributed by atoms with Crippen molar-refractivity contribution >= 4 is 5.91 Å². The first-order chi connectivity index (χ1) is 15.0. The molecule has 1 amide bonds. The van der Waals surface area contributed by atoms with Gasteiger partial charge in [0.05, 0.1) is 6.54 Å². The molecule has 31 heavy (non-hydrogen) atoms. The monoisotopic (exact) mass is 421 g/mol. The fraction of sp³-hybridized carbons (Fsp3) is 0.292. The summed E-state index contributed by atoms with van der Waals surface area (Å²) in [5, 5.41) is 0. The average Bonchev–Trinajstić information content (AvgIpc) is 2.79. The Morgan fingerprint density at radius 3 is 2.39 bits per heavy atom. The Labute approximate surface area is 179 Å².